The van der Waals surface area contributed by atoms with E-state index in [4.69, 9.17) is 11.6 Å². The number of rotatable bonds is 4. The number of hydrogen-bond acceptors (Lipinski definition) is 5. The minimum atomic E-state index is 0.168. The van der Waals surface area contributed by atoms with Crippen LogP contribution in [0.5, 0.6) is 0 Å². The van der Waals surface area contributed by atoms with Crippen LogP contribution in [0.4, 0.5) is 5.82 Å². The average Bonchev–Trinajstić information content (AvgIpc) is 2.66. The Kier molecular flexibility index (Phi) is 3.93. The summed E-state index contributed by atoms with van der Waals surface area (Å²) in [5.41, 5.74) is 1.57. The molecule has 6 heteroatoms. The lowest BCUT2D eigenvalue weighted by Gasteiger charge is -2.06. The highest BCUT2D eigenvalue weighted by atomic mass is 35.5. The number of nitrogens with one attached hydrogen (secondary N) is 1. The van der Waals surface area contributed by atoms with Crippen LogP contribution >= 0.6 is 22.9 Å². The smallest absolute Gasteiger partial charge is 0.156 e. The van der Waals surface area contributed by atoms with E-state index in [0.29, 0.717) is 24.2 Å². The van der Waals surface area contributed by atoms with Crippen LogP contribution in [0.2, 0.25) is 5.15 Å². The summed E-state index contributed by atoms with van der Waals surface area (Å²) < 4.78 is 0. The van der Waals surface area contributed by atoms with Crippen molar-refractivity contribution in [1.82, 2.24) is 9.97 Å². The van der Waals surface area contributed by atoms with Crippen molar-refractivity contribution in [2.24, 2.45) is 0 Å². The van der Waals surface area contributed by atoms with Crippen molar-refractivity contribution in [3.63, 3.8) is 0 Å². The van der Waals surface area contributed by atoms with Gasteiger partial charge in [0, 0.05) is 9.75 Å². The molecule has 1 N–H and O–H groups in total. The number of aromatic nitrogens is 2. The van der Waals surface area contributed by atoms with Crippen molar-refractivity contribution in [3.8, 4) is 0 Å². The van der Waals surface area contributed by atoms with E-state index in [-0.39, 0.29) is 5.15 Å². The van der Waals surface area contributed by atoms with E-state index in [0.717, 1.165) is 0 Å². The maximum Gasteiger partial charge on any atom is 0.156 e. The molecule has 0 fully saturated rings. The van der Waals surface area contributed by atoms with E-state index in [1.54, 1.807) is 11.3 Å². The predicted octanol–water partition coefficient (Wildman–Crippen LogP) is 3.23. The van der Waals surface area contributed by atoms with Gasteiger partial charge in [0.2, 0.25) is 0 Å². The molecule has 2 aromatic heterocycles. The number of hydrogen-bond donors (Lipinski definition) is 1. The van der Waals surface area contributed by atoms with Crippen LogP contribution in [0, 0.1) is 13.8 Å². The fourth-order valence-corrected chi connectivity index (χ4v) is 2.70. The summed E-state index contributed by atoms with van der Waals surface area (Å²) in [4.78, 5) is 21.2. The van der Waals surface area contributed by atoms with Gasteiger partial charge < -0.3 is 5.32 Å². The molecular formula is C12H12ClN3OS. The first-order valence-corrected chi connectivity index (χ1v) is 6.56. The van der Waals surface area contributed by atoms with E-state index in [2.05, 4.69) is 35.2 Å². The topological polar surface area (TPSA) is 54.9 Å². The Morgan fingerprint density at radius 3 is 2.83 bits per heavy atom. The van der Waals surface area contributed by atoms with Gasteiger partial charge in [0.05, 0.1) is 12.1 Å². The van der Waals surface area contributed by atoms with Crippen LogP contribution in [-0.2, 0) is 6.54 Å². The summed E-state index contributed by atoms with van der Waals surface area (Å²) in [7, 11) is 0. The van der Waals surface area contributed by atoms with Crippen LogP contribution in [0.3, 0.4) is 0 Å². The number of thiophene rings is 1. The summed E-state index contributed by atoms with van der Waals surface area (Å²) in [6, 6.07) is 2.12. The number of carbonyl (C=O) groups excluding carboxylic acids is 1. The molecule has 0 radical (unpaired) electrons. The molecule has 0 atom stereocenters. The highest BCUT2D eigenvalue weighted by molar-refractivity contribution is 7.12. The lowest BCUT2D eigenvalue weighted by atomic mass is 10.3. The number of nitrogens with zero attached hydrogens (tertiary/aromatic N) is 2. The molecule has 0 spiro atoms. The molecule has 0 amide bonds. The molecule has 0 aliphatic rings. The van der Waals surface area contributed by atoms with E-state index < -0.39 is 0 Å². The van der Waals surface area contributed by atoms with Crippen molar-refractivity contribution in [3.05, 3.63) is 38.4 Å². The van der Waals surface area contributed by atoms with Crippen LogP contribution < -0.4 is 5.32 Å². The largest absolute Gasteiger partial charge is 0.364 e. The molecule has 2 rings (SSSR count). The van der Waals surface area contributed by atoms with Gasteiger partial charge >= 0.3 is 0 Å². The molecule has 0 aliphatic heterocycles. The molecule has 0 saturated carbocycles. The Morgan fingerprint density at radius 2 is 2.22 bits per heavy atom. The van der Waals surface area contributed by atoms with Crippen LogP contribution in [0.15, 0.2) is 12.4 Å². The lowest BCUT2D eigenvalue weighted by molar-refractivity contribution is 0.112. The van der Waals surface area contributed by atoms with Gasteiger partial charge in [-0.2, -0.15) is 0 Å². The highest BCUT2D eigenvalue weighted by Crippen LogP contribution is 2.23. The monoisotopic (exact) mass is 281 g/mol. The average molecular weight is 282 g/mol. The van der Waals surface area contributed by atoms with Crippen LogP contribution in [-0.4, -0.2) is 16.3 Å². The van der Waals surface area contributed by atoms with Gasteiger partial charge in [-0.05, 0) is 25.5 Å². The highest BCUT2D eigenvalue weighted by Gasteiger charge is 2.09. The molecule has 0 saturated heterocycles. The number of anilines is 1. The van der Waals surface area contributed by atoms with Gasteiger partial charge in [-0.25, -0.2) is 9.97 Å². The van der Waals surface area contributed by atoms with Crippen LogP contribution in [0.25, 0.3) is 0 Å². The summed E-state index contributed by atoms with van der Waals surface area (Å²) in [5.74, 6) is 0.466. The molecular weight excluding hydrogens is 270 g/mol. The molecule has 18 heavy (non-hydrogen) atoms. The Balaban J connectivity index is 2.15. The van der Waals surface area contributed by atoms with Gasteiger partial charge in [-0.1, -0.05) is 11.6 Å². The molecule has 0 aromatic carbocycles. The van der Waals surface area contributed by atoms with E-state index in [1.165, 1.54) is 21.6 Å². The van der Waals surface area contributed by atoms with Gasteiger partial charge in [0.1, 0.15) is 17.3 Å². The normalized spacial score (nSPS) is 10.4. The molecule has 0 bridgehead atoms. The SMILES string of the molecule is Cc1cc(CNc2ncnc(Cl)c2C=O)sc1C. The zero-order chi connectivity index (χ0) is 13.1. The Morgan fingerprint density at radius 1 is 1.44 bits per heavy atom. The fraction of sp³-hybridized carbons (Fsp3) is 0.250. The molecule has 2 heterocycles. The third-order valence-electron chi connectivity index (χ3n) is 2.60. The van der Waals surface area contributed by atoms with Crippen LogP contribution in [0.1, 0.15) is 25.7 Å². The number of halogens is 1. The van der Waals surface area contributed by atoms with E-state index >= 15 is 0 Å². The third-order valence-corrected chi connectivity index (χ3v) is 4.05. The molecule has 4 nitrogen and oxygen atoms in total. The van der Waals surface area contributed by atoms with Crippen molar-refractivity contribution >= 4 is 35.0 Å². The third kappa shape index (κ3) is 2.68. The van der Waals surface area contributed by atoms with Gasteiger partial charge in [-0.15, -0.1) is 11.3 Å². The van der Waals surface area contributed by atoms with Crippen molar-refractivity contribution in [2.45, 2.75) is 20.4 Å². The maximum absolute atomic E-state index is 10.9. The van der Waals surface area contributed by atoms with Gasteiger partial charge in [0.25, 0.3) is 0 Å². The number of carbonyl (C=O) groups is 1. The second-order valence-electron chi connectivity index (χ2n) is 3.85. The second-order valence-corrected chi connectivity index (χ2v) is 5.55. The fourth-order valence-electron chi connectivity index (χ4n) is 1.53. The minimum Gasteiger partial charge on any atom is -0.364 e. The second kappa shape index (κ2) is 5.46. The standard InChI is InChI=1S/C12H12ClN3OS/c1-7-3-9(18-8(7)2)4-14-12-10(5-17)11(13)15-6-16-12/h3,5-6H,4H2,1-2H3,(H,14,15,16). The molecule has 2 aromatic rings. The van der Waals surface area contributed by atoms with Crippen molar-refractivity contribution in [2.75, 3.05) is 5.32 Å². The summed E-state index contributed by atoms with van der Waals surface area (Å²) in [6.07, 6.45) is 2.00. The Labute approximate surface area is 114 Å². The predicted molar refractivity (Wildman–Crippen MR) is 73.5 cm³/mol. The van der Waals surface area contributed by atoms with Gasteiger partial charge in [0.15, 0.2) is 6.29 Å². The minimum absolute atomic E-state index is 0.168. The molecule has 0 aliphatic carbocycles. The first kappa shape index (κ1) is 13.0. The van der Waals surface area contributed by atoms with E-state index in [1.807, 2.05) is 0 Å². The lowest BCUT2D eigenvalue weighted by Crippen LogP contribution is -2.04. The van der Waals surface area contributed by atoms with E-state index in [9.17, 15) is 4.79 Å². The summed E-state index contributed by atoms with van der Waals surface area (Å²) in [6.45, 7) is 4.78. The molecule has 0 unspecified atom stereocenters. The van der Waals surface area contributed by atoms with Crippen molar-refractivity contribution < 1.29 is 4.79 Å². The Hall–Kier alpha value is -1.46. The number of aldehydes is 1. The zero-order valence-electron chi connectivity index (χ0n) is 10.0. The maximum atomic E-state index is 10.9. The quantitative estimate of drug-likeness (QED) is 0.690. The first-order chi connectivity index (χ1) is 8.61. The zero-order valence-corrected chi connectivity index (χ0v) is 11.6. The van der Waals surface area contributed by atoms with Crippen molar-refractivity contribution in [1.29, 1.82) is 0 Å². The summed E-state index contributed by atoms with van der Waals surface area (Å²) in [5, 5.41) is 3.27. The number of aryl methyl sites for hydroxylation is 2. The first-order valence-electron chi connectivity index (χ1n) is 5.37. The Bertz CT molecular complexity index is 563. The molecule has 94 valence electrons. The van der Waals surface area contributed by atoms with Gasteiger partial charge in [-0.3, -0.25) is 4.79 Å². The summed E-state index contributed by atoms with van der Waals surface area (Å²) >= 11 is 7.54.